The smallest absolute Gasteiger partial charge is 0.296 e. The van der Waals surface area contributed by atoms with E-state index in [-0.39, 0.29) is 17.9 Å². The van der Waals surface area contributed by atoms with Gasteiger partial charge in [-0.1, -0.05) is 23.7 Å². The van der Waals surface area contributed by atoms with Crippen LogP contribution in [0.15, 0.2) is 76.9 Å². The molecule has 0 aliphatic carbocycles. The molecule has 1 unspecified atom stereocenters. The number of ether oxygens (including phenoxy) is 1. The van der Waals surface area contributed by atoms with Crippen LogP contribution in [0, 0.1) is 0 Å². The number of methoxy groups -OCH3 is 1. The minimum absolute atomic E-state index is 0.0276. The number of amides is 1. The third-order valence-electron chi connectivity index (χ3n) is 4.96. The van der Waals surface area contributed by atoms with E-state index in [2.05, 4.69) is 0 Å². The molecule has 152 valence electrons. The summed E-state index contributed by atoms with van der Waals surface area (Å²) >= 11 is 5.92. The van der Waals surface area contributed by atoms with Gasteiger partial charge in [0.15, 0.2) is 0 Å². The molecule has 1 aromatic heterocycles. The number of furan rings is 1. The van der Waals surface area contributed by atoms with Crippen LogP contribution in [0.1, 0.15) is 22.9 Å². The number of aliphatic hydroxyl groups is 1. The van der Waals surface area contributed by atoms with Crippen LogP contribution < -0.4 is 4.74 Å². The van der Waals surface area contributed by atoms with Crippen molar-refractivity contribution in [2.75, 3.05) is 7.11 Å². The second kappa shape index (κ2) is 8.08. The van der Waals surface area contributed by atoms with E-state index in [1.165, 1.54) is 11.2 Å². The van der Waals surface area contributed by atoms with Gasteiger partial charge >= 0.3 is 0 Å². The number of aliphatic hydroxyl groups excluding tert-OH is 1. The molecule has 7 heteroatoms. The summed E-state index contributed by atoms with van der Waals surface area (Å²) in [6.07, 6.45) is 1.46. The Bertz CT molecular complexity index is 1120. The van der Waals surface area contributed by atoms with Gasteiger partial charge in [0, 0.05) is 17.1 Å². The zero-order valence-corrected chi connectivity index (χ0v) is 16.8. The van der Waals surface area contributed by atoms with E-state index in [1.54, 1.807) is 61.7 Å². The highest BCUT2D eigenvalue weighted by Crippen LogP contribution is 2.40. The van der Waals surface area contributed by atoms with Crippen LogP contribution >= 0.6 is 11.6 Å². The normalized spacial score (nSPS) is 18.1. The van der Waals surface area contributed by atoms with Crippen LogP contribution in [0.25, 0.3) is 5.76 Å². The van der Waals surface area contributed by atoms with Crippen LogP contribution in [0.4, 0.5) is 0 Å². The highest BCUT2D eigenvalue weighted by atomic mass is 35.5. The van der Waals surface area contributed by atoms with E-state index < -0.39 is 17.7 Å². The zero-order valence-electron chi connectivity index (χ0n) is 16.0. The maximum Gasteiger partial charge on any atom is 0.296 e. The van der Waals surface area contributed by atoms with Gasteiger partial charge in [-0.25, -0.2) is 0 Å². The molecule has 4 rings (SSSR count). The van der Waals surface area contributed by atoms with Gasteiger partial charge in [0.25, 0.3) is 11.7 Å². The lowest BCUT2D eigenvalue weighted by molar-refractivity contribution is -0.140. The number of Topliss-reactive ketones (excluding diaryl/α,β-unsaturated/α-hetero) is 1. The first kappa shape index (κ1) is 19.8. The number of benzene rings is 2. The van der Waals surface area contributed by atoms with E-state index in [4.69, 9.17) is 20.8 Å². The predicted molar refractivity (Wildman–Crippen MR) is 111 cm³/mol. The largest absolute Gasteiger partial charge is 0.507 e. The summed E-state index contributed by atoms with van der Waals surface area (Å²) in [6, 6.07) is 16.1. The first-order valence-corrected chi connectivity index (χ1v) is 9.58. The second-order valence-corrected chi connectivity index (χ2v) is 7.24. The predicted octanol–water partition coefficient (Wildman–Crippen LogP) is 4.56. The van der Waals surface area contributed by atoms with Crippen LogP contribution in [0.3, 0.4) is 0 Å². The Morgan fingerprint density at radius 3 is 2.57 bits per heavy atom. The van der Waals surface area contributed by atoms with Crippen molar-refractivity contribution in [2.45, 2.75) is 12.6 Å². The first-order valence-electron chi connectivity index (χ1n) is 9.20. The van der Waals surface area contributed by atoms with Crippen LogP contribution in [0.2, 0.25) is 5.02 Å². The molecule has 2 aromatic carbocycles. The van der Waals surface area contributed by atoms with E-state index in [1.807, 2.05) is 6.07 Å². The molecule has 0 saturated carbocycles. The lowest BCUT2D eigenvalue weighted by Crippen LogP contribution is -2.29. The molecule has 0 spiro atoms. The van der Waals surface area contributed by atoms with Crippen molar-refractivity contribution < 1.29 is 23.8 Å². The molecule has 3 aromatic rings. The van der Waals surface area contributed by atoms with E-state index in [0.717, 1.165) is 5.56 Å². The molecule has 0 radical (unpaired) electrons. The van der Waals surface area contributed by atoms with E-state index >= 15 is 0 Å². The molecule has 1 saturated heterocycles. The molecule has 1 aliphatic heterocycles. The van der Waals surface area contributed by atoms with Gasteiger partial charge < -0.3 is 19.2 Å². The SMILES string of the molecule is COc1cccc(CN2C(=O)C(=O)/C(=C(\O)c3ccc(Cl)cc3)C2c2ccco2)c1. The number of likely N-dealkylation sites (tertiary alicyclic amines) is 1. The topological polar surface area (TPSA) is 80.0 Å². The highest BCUT2D eigenvalue weighted by Gasteiger charge is 2.47. The van der Waals surface area contributed by atoms with Gasteiger partial charge in [-0.15, -0.1) is 0 Å². The molecule has 2 heterocycles. The number of carbonyl (C=O) groups excluding carboxylic acids is 2. The Morgan fingerprint density at radius 2 is 1.90 bits per heavy atom. The monoisotopic (exact) mass is 423 g/mol. The van der Waals surface area contributed by atoms with Crippen molar-refractivity contribution in [3.8, 4) is 5.75 Å². The number of nitrogens with zero attached hydrogens (tertiary/aromatic N) is 1. The first-order chi connectivity index (χ1) is 14.5. The number of hydrogen-bond donors (Lipinski definition) is 1. The summed E-state index contributed by atoms with van der Waals surface area (Å²) in [7, 11) is 1.56. The lowest BCUT2D eigenvalue weighted by atomic mass is 9.99. The molecule has 1 atom stereocenters. The molecule has 1 aliphatic rings. The van der Waals surface area contributed by atoms with Crippen molar-refractivity contribution in [1.29, 1.82) is 0 Å². The minimum Gasteiger partial charge on any atom is -0.507 e. The van der Waals surface area contributed by atoms with Crippen molar-refractivity contribution in [2.24, 2.45) is 0 Å². The van der Waals surface area contributed by atoms with Crippen molar-refractivity contribution in [3.63, 3.8) is 0 Å². The molecule has 0 bridgehead atoms. The van der Waals surface area contributed by atoms with E-state index in [9.17, 15) is 14.7 Å². The van der Waals surface area contributed by atoms with Gasteiger partial charge in [0.1, 0.15) is 23.3 Å². The van der Waals surface area contributed by atoms with Crippen molar-refractivity contribution in [3.05, 3.63) is 94.4 Å². The van der Waals surface area contributed by atoms with Crippen LogP contribution in [-0.2, 0) is 16.1 Å². The third kappa shape index (κ3) is 3.57. The van der Waals surface area contributed by atoms with E-state index in [0.29, 0.717) is 22.1 Å². The highest BCUT2D eigenvalue weighted by molar-refractivity contribution is 6.46. The Hall–Kier alpha value is -3.51. The Labute approximate surface area is 177 Å². The number of carbonyl (C=O) groups is 2. The molecule has 1 amide bonds. The van der Waals surface area contributed by atoms with Crippen LogP contribution in [-0.4, -0.2) is 28.8 Å². The van der Waals surface area contributed by atoms with Gasteiger partial charge in [-0.2, -0.15) is 0 Å². The summed E-state index contributed by atoms with van der Waals surface area (Å²) in [5, 5.41) is 11.4. The molecular formula is C23H18ClNO5. The number of halogens is 1. The van der Waals surface area contributed by atoms with Gasteiger partial charge in [-0.3, -0.25) is 9.59 Å². The number of hydrogen-bond acceptors (Lipinski definition) is 5. The average molecular weight is 424 g/mol. The maximum atomic E-state index is 12.9. The summed E-state index contributed by atoms with van der Waals surface area (Å²) in [5.74, 6) is -0.742. The Balaban J connectivity index is 1.80. The molecule has 1 N–H and O–H groups in total. The summed E-state index contributed by atoms with van der Waals surface area (Å²) in [4.78, 5) is 27.2. The fraction of sp³-hybridized carbons (Fsp3) is 0.130. The van der Waals surface area contributed by atoms with Crippen molar-refractivity contribution >= 4 is 29.1 Å². The third-order valence-corrected chi connectivity index (χ3v) is 5.21. The summed E-state index contributed by atoms with van der Waals surface area (Å²) in [6.45, 7) is 0.143. The maximum absolute atomic E-state index is 12.9. The fourth-order valence-corrected chi connectivity index (χ4v) is 3.64. The Kier molecular flexibility index (Phi) is 5.33. The summed E-state index contributed by atoms with van der Waals surface area (Å²) in [5.41, 5.74) is 1.13. The second-order valence-electron chi connectivity index (χ2n) is 6.80. The summed E-state index contributed by atoms with van der Waals surface area (Å²) < 4.78 is 10.8. The zero-order chi connectivity index (χ0) is 21.3. The Morgan fingerprint density at radius 1 is 1.13 bits per heavy atom. The van der Waals surface area contributed by atoms with Gasteiger partial charge in [0.2, 0.25) is 0 Å². The number of ketones is 1. The molecular weight excluding hydrogens is 406 g/mol. The quantitative estimate of drug-likeness (QED) is 0.369. The van der Waals surface area contributed by atoms with Gasteiger partial charge in [-0.05, 0) is 54.1 Å². The standard InChI is InChI=1S/C23H18ClNO5/c1-29-17-5-2-4-14(12-17)13-25-20(18-6-3-11-30-18)19(22(27)23(25)28)21(26)15-7-9-16(24)10-8-15/h2-12,20,26H,13H2,1H3/b21-19-. The minimum atomic E-state index is -0.859. The molecule has 6 nitrogen and oxygen atoms in total. The number of rotatable bonds is 5. The molecule has 30 heavy (non-hydrogen) atoms. The lowest BCUT2D eigenvalue weighted by Gasteiger charge is -2.23. The molecule has 1 fully saturated rings. The van der Waals surface area contributed by atoms with Gasteiger partial charge in [0.05, 0.1) is 18.9 Å². The van der Waals surface area contributed by atoms with Crippen LogP contribution in [0.5, 0.6) is 5.75 Å². The van der Waals surface area contributed by atoms with Crippen molar-refractivity contribution in [1.82, 2.24) is 4.90 Å². The average Bonchev–Trinajstić information content (AvgIpc) is 3.37. The fourth-order valence-electron chi connectivity index (χ4n) is 3.52.